The molecule has 2 heteroatoms. The van der Waals surface area contributed by atoms with Crippen LogP contribution in [0.4, 0.5) is 0 Å². The van der Waals surface area contributed by atoms with Crippen molar-refractivity contribution in [2.45, 2.75) is 6.10 Å². The standard InChI is InChI=1S/C11H12OS/c1-13-9-11(12)8-7-10-5-3-2-4-6-10/h2-6,11-12H,9H2,1H3. The van der Waals surface area contributed by atoms with Gasteiger partial charge < -0.3 is 5.11 Å². The fourth-order valence-corrected chi connectivity index (χ4v) is 1.29. The minimum absolute atomic E-state index is 0.518. The quantitative estimate of drug-likeness (QED) is 0.721. The van der Waals surface area contributed by atoms with Crippen LogP contribution in [0, 0.1) is 11.8 Å². The molecule has 0 aliphatic carbocycles. The Morgan fingerprint density at radius 3 is 2.69 bits per heavy atom. The number of rotatable bonds is 2. The van der Waals surface area contributed by atoms with Crippen LogP contribution < -0.4 is 0 Å². The molecular formula is C11H12OS. The predicted octanol–water partition coefficient (Wildman–Crippen LogP) is 1.76. The molecule has 1 unspecified atom stereocenters. The zero-order chi connectivity index (χ0) is 9.52. The van der Waals surface area contributed by atoms with Crippen molar-refractivity contribution in [1.29, 1.82) is 0 Å². The molecule has 1 aromatic carbocycles. The molecule has 0 spiro atoms. The molecule has 0 radical (unpaired) electrons. The van der Waals surface area contributed by atoms with E-state index in [9.17, 15) is 5.11 Å². The molecule has 1 nitrogen and oxygen atoms in total. The number of aliphatic hydroxyl groups is 1. The van der Waals surface area contributed by atoms with E-state index < -0.39 is 6.10 Å². The molecular weight excluding hydrogens is 180 g/mol. The molecule has 0 aromatic heterocycles. The maximum absolute atomic E-state index is 9.32. The first-order valence-corrected chi connectivity index (χ1v) is 5.46. The van der Waals surface area contributed by atoms with Crippen molar-refractivity contribution < 1.29 is 5.11 Å². The van der Waals surface area contributed by atoms with Crippen LogP contribution in [-0.2, 0) is 0 Å². The lowest BCUT2D eigenvalue weighted by Crippen LogP contribution is -2.05. The van der Waals surface area contributed by atoms with Crippen LogP contribution in [0.5, 0.6) is 0 Å². The third-order valence-corrected chi connectivity index (χ3v) is 2.13. The van der Waals surface area contributed by atoms with Gasteiger partial charge in [-0.15, -0.1) is 0 Å². The Morgan fingerprint density at radius 1 is 1.38 bits per heavy atom. The summed E-state index contributed by atoms with van der Waals surface area (Å²) < 4.78 is 0. The molecule has 1 atom stereocenters. The van der Waals surface area contributed by atoms with Crippen LogP contribution in [0.1, 0.15) is 5.56 Å². The Bertz CT molecular complexity index is 297. The number of hydrogen-bond donors (Lipinski definition) is 1. The van der Waals surface area contributed by atoms with E-state index in [4.69, 9.17) is 0 Å². The Morgan fingerprint density at radius 2 is 2.08 bits per heavy atom. The highest BCUT2D eigenvalue weighted by atomic mass is 32.2. The molecule has 0 aliphatic heterocycles. The summed E-state index contributed by atoms with van der Waals surface area (Å²) in [6.45, 7) is 0. The summed E-state index contributed by atoms with van der Waals surface area (Å²) in [5.41, 5.74) is 0.947. The summed E-state index contributed by atoms with van der Waals surface area (Å²) in [6.07, 6.45) is 1.43. The van der Waals surface area contributed by atoms with E-state index in [2.05, 4.69) is 11.8 Å². The maximum atomic E-state index is 9.32. The second-order valence-electron chi connectivity index (χ2n) is 2.61. The molecule has 1 rings (SSSR count). The topological polar surface area (TPSA) is 20.2 Å². The highest BCUT2D eigenvalue weighted by Gasteiger charge is 1.94. The van der Waals surface area contributed by atoms with Crippen molar-refractivity contribution in [3.63, 3.8) is 0 Å². The normalized spacial score (nSPS) is 11.5. The zero-order valence-electron chi connectivity index (χ0n) is 7.53. The molecule has 0 bridgehead atoms. The molecule has 1 aromatic rings. The van der Waals surface area contributed by atoms with Crippen molar-refractivity contribution in [3.05, 3.63) is 35.9 Å². The summed E-state index contributed by atoms with van der Waals surface area (Å²) >= 11 is 1.59. The van der Waals surface area contributed by atoms with Gasteiger partial charge in [-0.2, -0.15) is 11.8 Å². The van der Waals surface area contributed by atoms with Gasteiger partial charge >= 0.3 is 0 Å². The summed E-state index contributed by atoms with van der Waals surface area (Å²) in [6, 6.07) is 9.68. The molecule has 68 valence electrons. The molecule has 0 saturated heterocycles. The van der Waals surface area contributed by atoms with Gasteiger partial charge in [0.25, 0.3) is 0 Å². The average Bonchev–Trinajstić information content (AvgIpc) is 2.17. The summed E-state index contributed by atoms with van der Waals surface area (Å²) in [5, 5.41) is 9.32. The third kappa shape index (κ3) is 4.02. The van der Waals surface area contributed by atoms with Gasteiger partial charge in [0.15, 0.2) is 0 Å². The van der Waals surface area contributed by atoms with Gasteiger partial charge in [-0.1, -0.05) is 30.0 Å². The minimum atomic E-state index is -0.518. The summed E-state index contributed by atoms with van der Waals surface area (Å²) in [7, 11) is 0. The lowest BCUT2D eigenvalue weighted by molar-refractivity contribution is 0.258. The Balaban J connectivity index is 2.57. The minimum Gasteiger partial charge on any atom is -0.379 e. The van der Waals surface area contributed by atoms with Crippen LogP contribution >= 0.6 is 11.8 Å². The van der Waals surface area contributed by atoms with Crippen molar-refractivity contribution in [2.24, 2.45) is 0 Å². The van der Waals surface area contributed by atoms with Crippen LogP contribution in [0.25, 0.3) is 0 Å². The van der Waals surface area contributed by atoms with Crippen molar-refractivity contribution in [3.8, 4) is 11.8 Å². The molecule has 0 saturated carbocycles. The van der Waals surface area contributed by atoms with Gasteiger partial charge in [-0.25, -0.2) is 0 Å². The number of thioether (sulfide) groups is 1. The Hall–Kier alpha value is -0.910. The average molecular weight is 192 g/mol. The molecule has 0 heterocycles. The first-order valence-electron chi connectivity index (χ1n) is 4.06. The van der Waals surface area contributed by atoms with E-state index in [0.29, 0.717) is 5.75 Å². The van der Waals surface area contributed by atoms with E-state index in [1.165, 1.54) is 0 Å². The van der Waals surface area contributed by atoms with Crippen LogP contribution in [-0.4, -0.2) is 23.2 Å². The van der Waals surface area contributed by atoms with Crippen LogP contribution in [0.15, 0.2) is 30.3 Å². The van der Waals surface area contributed by atoms with E-state index in [-0.39, 0.29) is 0 Å². The van der Waals surface area contributed by atoms with Gasteiger partial charge in [0.2, 0.25) is 0 Å². The highest BCUT2D eigenvalue weighted by molar-refractivity contribution is 7.98. The predicted molar refractivity (Wildman–Crippen MR) is 57.7 cm³/mol. The van der Waals surface area contributed by atoms with E-state index in [0.717, 1.165) is 5.56 Å². The van der Waals surface area contributed by atoms with E-state index >= 15 is 0 Å². The number of benzene rings is 1. The number of hydrogen-bond acceptors (Lipinski definition) is 2. The van der Waals surface area contributed by atoms with Crippen LogP contribution in [0.3, 0.4) is 0 Å². The van der Waals surface area contributed by atoms with Gasteiger partial charge in [0, 0.05) is 11.3 Å². The molecule has 0 amide bonds. The summed E-state index contributed by atoms with van der Waals surface area (Å²) in [4.78, 5) is 0. The largest absolute Gasteiger partial charge is 0.379 e. The van der Waals surface area contributed by atoms with E-state index in [1.807, 2.05) is 36.6 Å². The maximum Gasteiger partial charge on any atom is 0.124 e. The molecule has 1 N–H and O–H groups in total. The lowest BCUT2D eigenvalue weighted by Gasteiger charge is -1.97. The summed E-state index contributed by atoms with van der Waals surface area (Å²) in [5.74, 6) is 6.37. The molecule has 0 fully saturated rings. The third-order valence-electron chi connectivity index (χ3n) is 1.48. The second kappa shape index (κ2) is 5.69. The second-order valence-corrected chi connectivity index (χ2v) is 3.52. The Labute approximate surface area is 83.2 Å². The van der Waals surface area contributed by atoms with Gasteiger partial charge in [0.05, 0.1) is 0 Å². The van der Waals surface area contributed by atoms with Crippen LogP contribution in [0.2, 0.25) is 0 Å². The SMILES string of the molecule is CSCC(O)C#Cc1ccccc1. The van der Waals surface area contributed by atoms with Gasteiger partial charge in [0.1, 0.15) is 6.10 Å². The first-order chi connectivity index (χ1) is 6.33. The lowest BCUT2D eigenvalue weighted by atomic mass is 10.2. The van der Waals surface area contributed by atoms with Crippen molar-refractivity contribution in [2.75, 3.05) is 12.0 Å². The van der Waals surface area contributed by atoms with E-state index in [1.54, 1.807) is 11.8 Å². The van der Waals surface area contributed by atoms with Crippen molar-refractivity contribution >= 4 is 11.8 Å². The fraction of sp³-hybridized carbons (Fsp3) is 0.273. The zero-order valence-corrected chi connectivity index (χ0v) is 8.34. The Kier molecular flexibility index (Phi) is 4.45. The van der Waals surface area contributed by atoms with Crippen molar-refractivity contribution in [1.82, 2.24) is 0 Å². The molecule has 0 aliphatic rings. The fourth-order valence-electron chi connectivity index (χ4n) is 0.888. The number of aliphatic hydroxyl groups excluding tert-OH is 1. The monoisotopic (exact) mass is 192 g/mol. The first kappa shape index (κ1) is 10.2. The van der Waals surface area contributed by atoms with Gasteiger partial charge in [-0.3, -0.25) is 0 Å². The molecule has 13 heavy (non-hydrogen) atoms. The smallest absolute Gasteiger partial charge is 0.124 e. The van der Waals surface area contributed by atoms with Gasteiger partial charge in [-0.05, 0) is 18.4 Å². The highest BCUT2D eigenvalue weighted by Crippen LogP contribution is 1.98.